The van der Waals surface area contributed by atoms with E-state index in [1.807, 2.05) is 7.05 Å². The van der Waals surface area contributed by atoms with Crippen molar-refractivity contribution in [3.8, 4) is 0 Å². The molecule has 4 heteroatoms. The highest BCUT2D eigenvalue weighted by molar-refractivity contribution is 7.90. The van der Waals surface area contributed by atoms with Crippen LogP contribution in [0.5, 0.6) is 0 Å². The molecule has 0 spiro atoms. The summed E-state index contributed by atoms with van der Waals surface area (Å²) >= 11 is 0. The molecule has 0 amide bonds. The van der Waals surface area contributed by atoms with Crippen LogP contribution < -0.4 is 5.32 Å². The lowest BCUT2D eigenvalue weighted by Gasteiger charge is -2.26. The van der Waals surface area contributed by atoms with Crippen molar-refractivity contribution >= 4 is 9.84 Å². The second-order valence-corrected chi connectivity index (χ2v) is 9.12. The Balaban J connectivity index is 4.04. The molecule has 0 radical (unpaired) electrons. The molecule has 0 heterocycles. The van der Waals surface area contributed by atoms with E-state index in [0.717, 1.165) is 19.3 Å². The summed E-state index contributed by atoms with van der Waals surface area (Å²) in [6, 6.07) is 0.434. The first-order chi connectivity index (χ1) is 8.03. The third kappa shape index (κ3) is 11.0. The van der Waals surface area contributed by atoms with Crippen molar-refractivity contribution in [2.24, 2.45) is 11.3 Å². The predicted octanol–water partition coefficient (Wildman–Crippen LogP) is 2.86. The zero-order valence-electron chi connectivity index (χ0n) is 12.9. The minimum absolute atomic E-state index is 0.304. The van der Waals surface area contributed by atoms with Crippen LogP contribution in [0.4, 0.5) is 0 Å². The van der Waals surface area contributed by atoms with Crippen molar-refractivity contribution in [1.29, 1.82) is 0 Å². The van der Waals surface area contributed by atoms with Gasteiger partial charge in [-0.1, -0.05) is 27.7 Å². The van der Waals surface area contributed by atoms with E-state index < -0.39 is 9.84 Å². The molecule has 0 aliphatic carbocycles. The van der Waals surface area contributed by atoms with Crippen LogP contribution in [0.3, 0.4) is 0 Å². The van der Waals surface area contributed by atoms with Crippen LogP contribution >= 0.6 is 0 Å². The molecule has 0 rings (SSSR count). The lowest BCUT2D eigenvalue weighted by atomic mass is 9.82. The maximum Gasteiger partial charge on any atom is 0.147 e. The molecule has 0 aromatic carbocycles. The molecule has 0 fully saturated rings. The minimum atomic E-state index is -2.81. The summed E-state index contributed by atoms with van der Waals surface area (Å²) in [4.78, 5) is 0. The number of hydrogen-bond donors (Lipinski definition) is 1. The average molecular weight is 277 g/mol. The van der Waals surface area contributed by atoms with Gasteiger partial charge in [0.05, 0.1) is 0 Å². The predicted molar refractivity (Wildman–Crippen MR) is 79.6 cm³/mol. The Bertz CT molecular complexity index is 317. The first-order valence-electron chi connectivity index (χ1n) is 6.88. The molecule has 0 aliphatic rings. The fraction of sp³-hybridized carbons (Fsp3) is 1.00. The van der Waals surface area contributed by atoms with E-state index in [0.29, 0.717) is 23.1 Å². The fourth-order valence-electron chi connectivity index (χ4n) is 2.59. The summed E-state index contributed by atoms with van der Waals surface area (Å²) in [6.07, 6.45) is 5.34. The Kier molecular flexibility index (Phi) is 7.45. The molecule has 2 atom stereocenters. The van der Waals surface area contributed by atoms with Crippen molar-refractivity contribution in [3.05, 3.63) is 0 Å². The number of hydrogen-bond acceptors (Lipinski definition) is 3. The molecule has 0 aromatic rings. The van der Waals surface area contributed by atoms with E-state index in [9.17, 15) is 8.42 Å². The summed E-state index contributed by atoms with van der Waals surface area (Å²) in [5.41, 5.74) is 0.366. The van der Waals surface area contributed by atoms with Gasteiger partial charge in [0, 0.05) is 18.1 Å². The lowest BCUT2D eigenvalue weighted by molar-refractivity contribution is 0.274. The van der Waals surface area contributed by atoms with Gasteiger partial charge in [0.25, 0.3) is 0 Å². The minimum Gasteiger partial charge on any atom is -0.317 e. The molecule has 0 saturated carbocycles. The molecular formula is C14H31NO2S. The summed E-state index contributed by atoms with van der Waals surface area (Å²) in [5, 5.41) is 3.31. The van der Waals surface area contributed by atoms with Gasteiger partial charge >= 0.3 is 0 Å². The standard InChI is InChI=1S/C14H31NO2S/c1-12(11-14(2,3)4)10-13(15-5)8-7-9-18(6,16)17/h12-13,15H,7-11H2,1-6H3. The third-order valence-corrected chi connectivity index (χ3v) is 4.15. The summed E-state index contributed by atoms with van der Waals surface area (Å²) in [5.74, 6) is 0.972. The zero-order chi connectivity index (χ0) is 14.4. The van der Waals surface area contributed by atoms with Crippen molar-refractivity contribution in [2.75, 3.05) is 19.1 Å². The van der Waals surface area contributed by atoms with Crippen LogP contribution in [0.2, 0.25) is 0 Å². The number of rotatable bonds is 8. The van der Waals surface area contributed by atoms with Crippen LogP contribution in [-0.2, 0) is 9.84 Å². The molecular weight excluding hydrogens is 246 g/mol. The average Bonchev–Trinajstić information content (AvgIpc) is 2.11. The van der Waals surface area contributed by atoms with Crippen molar-refractivity contribution in [1.82, 2.24) is 5.32 Å². The molecule has 110 valence electrons. The maximum atomic E-state index is 11.1. The second-order valence-electron chi connectivity index (χ2n) is 6.86. The monoisotopic (exact) mass is 277 g/mol. The van der Waals surface area contributed by atoms with Crippen LogP contribution in [-0.4, -0.2) is 33.5 Å². The Morgan fingerprint density at radius 3 is 2.17 bits per heavy atom. The molecule has 2 unspecified atom stereocenters. The molecule has 0 bridgehead atoms. The highest BCUT2D eigenvalue weighted by Crippen LogP contribution is 2.27. The van der Waals surface area contributed by atoms with Gasteiger partial charge in [0.1, 0.15) is 9.84 Å². The first kappa shape index (κ1) is 17.9. The van der Waals surface area contributed by atoms with Gasteiger partial charge in [-0.05, 0) is 44.1 Å². The van der Waals surface area contributed by atoms with Gasteiger partial charge < -0.3 is 5.32 Å². The Morgan fingerprint density at radius 2 is 1.78 bits per heavy atom. The molecule has 3 nitrogen and oxygen atoms in total. The Morgan fingerprint density at radius 1 is 1.22 bits per heavy atom. The summed E-state index contributed by atoms with van der Waals surface area (Å²) in [7, 11) is -0.846. The maximum absolute atomic E-state index is 11.1. The van der Waals surface area contributed by atoms with Crippen molar-refractivity contribution in [2.45, 2.75) is 59.4 Å². The van der Waals surface area contributed by atoms with Crippen molar-refractivity contribution < 1.29 is 8.42 Å². The molecule has 18 heavy (non-hydrogen) atoms. The van der Waals surface area contributed by atoms with E-state index >= 15 is 0 Å². The van der Waals surface area contributed by atoms with Gasteiger partial charge in [0.2, 0.25) is 0 Å². The first-order valence-corrected chi connectivity index (χ1v) is 8.94. The van der Waals surface area contributed by atoms with Gasteiger partial charge in [-0.2, -0.15) is 0 Å². The van der Waals surface area contributed by atoms with Crippen molar-refractivity contribution in [3.63, 3.8) is 0 Å². The quantitative estimate of drug-likeness (QED) is 0.742. The summed E-state index contributed by atoms with van der Waals surface area (Å²) in [6.45, 7) is 9.08. The van der Waals surface area contributed by atoms with Crippen LogP contribution in [0.1, 0.15) is 53.4 Å². The zero-order valence-corrected chi connectivity index (χ0v) is 13.7. The largest absolute Gasteiger partial charge is 0.317 e. The van der Waals surface area contributed by atoms with Crippen LogP contribution in [0.15, 0.2) is 0 Å². The molecule has 0 aliphatic heterocycles. The van der Waals surface area contributed by atoms with Crippen LogP contribution in [0.25, 0.3) is 0 Å². The van der Waals surface area contributed by atoms with E-state index in [2.05, 4.69) is 33.0 Å². The SMILES string of the molecule is CNC(CCCS(C)(=O)=O)CC(C)CC(C)(C)C. The van der Waals surface area contributed by atoms with E-state index in [1.165, 1.54) is 12.7 Å². The van der Waals surface area contributed by atoms with Crippen LogP contribution in [0, 0.1) is 11.3 Å². The number of sulfone groups is 1. The topological polar surface area (TPSA) is 46.2 Å². The summed E-state index contributed by atoms with van der Waals surface area (Å²) < 4.78 is 22.2. The van der Waals surface area contributed by atoms with Gasteiger partial charge in [-0.15, -0.1) is 0 Å². The Labute approximate surface area is 114 Å². The van der Waals surface area contributed by atoms with Gasteiger partial charge in [-0.3, -0.25) is 0 Å². The highest BCUT2D eigenvalue weighted by Gasteiger charge is 2.18. The number of nitrogens with one attached hydrogen (secondary N) is 1. The fourth-order valence-corrected chi connectivity index (χ4v) is 3.28. The van der Waals surface area contributed by atoms with E-state index in [4.69, 9.17) is 0 Å². The third-order valence-electron chi connectivity index (χ3n) is 3.12. The normalized spacial score (nSPS) is 16.6. The molecule has 0 saturated heterocycles. The molecule has 0 aromatic heterocycles. The molecule has 1 N–H and O–H groups in total. The van der Waals surface area contributed by atoms with Gasteiger partial charge in [-0.25, -0.2) is 8.42 Å². The second kappa shape index (κ2) is 7.49. The van der Waals surface area contributed by atoms with Gasteiger partial charge in [0.15, 0.2) is 0 Å². The Hall–Kier alpha value is -0.0900. The smallest absolute Gasteiger partial charge is 0.147 e. The highest BCUT2D eigenvalue weighted by atomic mass is 32.2. The van der Waals surface area contributed by atoms with E-state index in [-0.39, 0.29) is 0 Å². The van der Waals surface area contributed by atoms with E-state index in [1.54, 1.807) is 0 Å². The lowest BCUT2D eigenvalue weighted by Crippen LogP contribution is -2.29.